The lowest BCUT2D eigenvalue weighted by Gasteiger charge is -2.20. The number of rotatable bonds is 5. The maximum Gasteiger partial charge on any atom is 0.356 e. The highest BCUT2D eigenvalue weighted by Crippen LogP contribution is 2.27. The monoisotopic (exact) mass is 279 g/mol. The van der Waals surface area contributed by atoms with E-state index in [9.17, 15) is 9.59 Å². The number of amides is 1. The Morgan fingerprint density at radius 3 is 2.95 bits per heavy atom. The summed E-state index contributed by atoms with van der Waals surface area (Å²) in [5.41, 5.74) is 0.838. The first-order valence-corrected chi connectivity index (χ1v) is 7.10. The van der Waals surface area contributed by atoms with Crippen LogP contribution >= 0.6 is 0 Å². The lowest BCUT2D eigenvalue weighted by molar-refractivity contribution is -0.134. The third kappa shape index (κ3) is 3.00. The van der Waals surface area contributed by atoms with Gasteiger partial charge in [-0.3, -0.25) is 9.89 Å². The Morgan fingerprint density at radius 1 is 1.60 bits per heavy atom. The number of aromatic nitrogens is 2. The summed E-state index contributed by atoms with van der Waals surface area (Å²) in [5.74, 6) is -0.606. The molecule has 110 valence electrons. The molecule has 0 bridgehead atoms. The smallest absolute Gasteiger partial charge is 0.356 e. The highest BCUT2D eigenvalue weighted by Gasteiger charge is 2.30. The second-order valence-electron chi connectivity index (χ2n) is 5.47. The van der Waals surface area contributed by atoms with Crippen molar-refractivity contribution in [2.75, 3.05) is 13.1 Å². The third-order valence-corrected chi connectivity index (χ3v) is 3.90. The van der Waals surface area contributed by atoms with E-state index >= 15 is 0 Å². The normalized spacial score (nSPS) is 20.1. The number of carboxylic acid groups (broad SMARTS) is 1. The molecule has 6 heteroatoms. The lowest BCUT2D eigenvalue weighted by atomic mass is 10.0. The van der Waals surface area contributed by atoms with Crippen LogP contribution in [0.3, 0.4) is 0 Å². The van der Waals surface area contributed by atoms with Gasteiger partial charge in [-0.05, 0) is 18.9 Å². The van der Waals surface area contributed by atoms with E-state index in [1.54, 1.807) is 6.07 Å². The van der Waals surface area contributed by atoms with Crippen LogP contribution in [0.25, 0.3) is 0 Å². The molecule has 1 saturated heterocycles. The summed E-state index contributed by atoms with van der Waals surface area (Å²) >= 11 is 0. The van der Waals surface area contributed by atoms with Gasteiger partial charge in [-0.2, -0.15) is 5.10 Å². The van der Waals surface area contributed by atoms with Gasteiger partial charge < -0.3 is 10.0 Å². The number of nitrogens with one attached hydrogen (secondary N) is 1. The van der Waals surface area contributed by atoms with Crippen LogP contribution in [0.2, 0.25) is 0 Å². The predicted molar refractivity (Wildman–Crippen MR) is 73.6 cm³/mol. The van der Waals surface area contributed by atoms with Crippen molar-refractivity contribution in [3.8, 4) is 0 Å². The molecule has 6 nitrogen and oxygen atoms in total. The largest absolute Gasteiger partial charge is 0.476 e. The fraction of sp³-hybridized carbons (Fsp3) is 0.643. The highest BCUT2D eigenvalue weighted by atomic mass is 16.4. The summed E-state index contributed by atoms with van der Waals surface area (Å²) in [6.07, 6.45) is 2.77. The van der Waals surface area contributed by atoms with E-state index in [1.165, 1.54) is 0 Å². The van der Waals surface area contributed by atoms with E-state index in [-0.39, 0.29) is 23.4 Å². The SMILES string of the molecule is CCCC(C)C(=O)N1CCC(c2cc(C(=O)O)n[nH]2)C1. The van der Waals surface area contributed by atoms with Crippen molar-refractivity contribution in [3.05, 3.63) is 17.5 Å². The Morgan fingerprint density at radius 2 is 2.35 bits per heavy atom. The summed E-state index contributed by atoms with van der Waals surface area (Å²) < 4.78 is 0. The van der Waals surface area contributed by atoms with Crippen molar-refractivity contribution in [1.29, 1.82) is 0 Å². The summed E-state index contributed by atoms with van der Waals surface area (Å²) in [4.78, 5) is 24.9. The van der Waals surface area contributed by atoms with Gasteiger partial charge in [0, 0.05) is 30.6 Å². The fourth-order valence-electron chi connectivity index (χ4n) is 2.74. The molecule has 1 amide bonds. The predicted octanol–water partition coefficient (Wildman–Crippen LogP) is 1.86. The Bertz CT molecular complexity index is 498. The van der Waals surface area contributed by atoms with Crippen LogP contribution in [0, 0.1) is 5.92 Å². The van der Waals surface area contributed by atoms with Crippen molar-refractivity contribution in [2.45, 2.75) is 39.0 Å². The average Bonchev–Trinajstić information content (AvgIpc) is 3.06. The molecule has 1 aromatic heterocycles. The van der Waals surface area contributed by atoms with Crippen LogP contribution in [-0.2, 0) is 4.79 Å². The van der Waals surface area contributed by atoms with Crippen molar-refractivity contribution >= 4 is 11.9 Å². The number of H-pyrrole nitrogens is 1. The molecule has 1 aliphatic heterocycles. The summed E-state index contributed by atoms with van der Waals surface area (Å²) in [6, 6.07) is 1.57. The van der Waals surface area contributed by atoms with E-state index < -0.39 is 5.97 Å². The van der Waals surface area contributed by atoms with Crippen molar-refractivity contribution < 1.29 is 14.7 Å². The van der Waals surface area contributed by atoms with Gasteiger partial charge in [-0.25, -0.2) is 4.79 Å². The zero-order valence-corrected chi connectivity index (χ0v) is 11.9. The molecule has 0 saturated carbocycles. The second-order valence-corrected chi connectivity index (χ2v) is 5.47. The van der Waals surface area contributed by atoms with Crippen LogP contribution in [0.1, 0.15) is 55.2 Å². The molecule has 2 heterocycles. The maximum absolute atomic E-state index is 12.2. The number of carbonyl (C=O) groups excluding carboxylic acids is 1. The number of carboxylic acids is 1. The molecule has 2 unspecified atom stereocenters. The van der Waals surface area contributed by atoms with Crippen LogP contribution in [0.4, 0.5) is 0 Å². The van der Waals surface area contributed by atoms with Crippen LogP contribution in [0.15, 0.2) is 6.07 Å². The van der Waals surface area contributed by atoms with Gasteiger partial charge in [0.2, 0.25) is 5.91 Å². The van der Waals surface area contributed by atoms with E-state index in [2.05, 4.69) is 17.1 Å². The molecule has 2 atom stereocenters. The van der Waals surface area contributed by atoms with Crippen molar-refractivity contribution in [2.24, 2.45) is 5.92 Å². The maximum atomic E-state index is 12.2. The van der Waals surface area contributed by atoms with Crippen LogP contribution < -0.4 is 0 Å². The van der Waals surface area contributed by atoms with E-state index in [0.29, 0.717) is 6.54 Å². The molecule has 2 rings (SSSR count). The minimum Gasteiger partial charge on any atom is -0.476 e. The number of carbonyl (C=O) groups is 2. The van der Waals surface area contributed by atoms with Gasteiger partial charge in [-0.1, -0.05) is 20.3 Å². The molecule has 0 aromatic carbocycles. The average molecular weight is 279 g/mol. The summed E-state index contributed by atoms with van der Waals surface area (Å²) in [7, 11) is 0. The van der Waals surface area contributed by atoms with Gasteiger partial charge >= 0.3 is 5.97 Å². The van der Waals surface area contributed by atoms with Crippen LogP contribution in [0.5, 0.6) is 0 Å². The molecule has 2 N–H and O–H groups in total. The second kappa shape index (κ2) is 6.07. The number of hydrogen-bond acceptors (Lipinski definition) is 3. The molecule has 1 fully saturated rings. The van der Waals surface area contributed by atoms with Crippen LogP contribution in [-0.4, -0.2) is 45.2 Å². The first-order valence-electron chi connectivity index (χ1n) is 7.10. The zero-order chi connectivity index (χ0) is 14.7. The Kier molecular flexibility index (Phi) is 4.42. The topological polar surface area (TPSA) is 86.3 Å². The zero-order valence-electron chi connectivity index (χ0n) is 11.9. The molecule has 20 heavy (non-hydrogen) atoms. The highest BCUT2D eigenvalue weighted by molar-refractivity contribution is 5.85. The molecule has 1 aliphatic rings. The molecule has 0 radical (unpaired) electrons. The minimum absolute atomic E-state index is 0.0316. The minimum atomic E-state index is -1.03. The number of aromatic carboxylic acids is 1. The molecule has 0 spiro atoms. The van der Waals surface area contributed by atoms with Gasteiger partial charge in [0.15, 0.2) is 5.69 Å². The van der Waals surface area contributed by atoms with Crippen molar-refractivity contribution in [3.63, 3.8) is 0 Å². The first kappa shape index (κ1) is 14.6. The fourth-order valence-corrected chi connectivity index (χ4v) is 2.74. The van der Waals surface area contributed by atoms with Gasteiger partial charge in [-0.15, -0.1) is 0 Å². The van der Waals surface area contributed by atoms with Gasteiger partial charge in [0.1, 0.15) is 0 Å². The first-order chi connectivity index (χ1) is 9.52. The summed E-state index contributed by atoms with van der Waals surface area (Å²) in [5, 5.41) is 15.4. The van der Waals surface area contributed by atoms with E-state index in [1.807, 2.05) is 11.8 Å². The number of likely N-dealkylation sites (tertiary alicyclic amines) is 1. The quantitative estimate of drug-likeness (QED) is 0.861. The van der Waals surface area contributed by atoms with Gasteiger partial charge in [0.25, 0.3) is 0 Å². The summed E-state index contributed by atoms with van der Waals surface area (Å²) in [6.45, 7) is 5.43. The Balaban J connectivity index is 1.97. The number of aromatic amines is 1. The van der Waals surface area contributed by atoms with Gasteiger partial charge in [0.05, 0.1) is 0 Å². The molecular formula is C14H21N3O3. The Hall–Kier alpha value is -1.85. The number of nitrogens with zero attached hydrogens (tertiary/aromatic N) is 2. The van der Waals surface area contributed by atoms with E-state index in [4.69, 9.17) is 5.11 Å². The number of hydrogen-bond donors (Lipinski definition) is 2. The Labute approximate surface area is 118 Å². The third-order valence-electron chi connectivity index (χ3n) is 3.90. The molecular weight excluding hydrogens is 258 g/mol. The molecule has 1 aromatic rings. The lowest BCUT2D eigenvalue weighted by Crippen LogP contribution is -2.33. The molecule has 0 aliphatic carbocycles. The standard InChI is InChI=1S/C14H21N3O3/c1-3-4-9(2)13(18)17-6-5-10(8-17)11-7-12(14(19)20)16-15-11/h7,9-10H,3-6,8H2,1-2H3,(H,15,16)(H,19,20). The van der Waals surface area contributed by atoms with E-state index in [0.717, 1.165) is 31.5 Å². The van der Waals surface area contributed by atoms with Crippen molar-refractivity contribution in [1.82, 2.24) is 15.1 Å².